The molecule has 6 heteroatoms. The summed E-state index contributed by atoms with van der Waals surface area (Å²) < 4.78 is 12.3. The molecule has 0 aliphatic heterocycles. The molecule has 0 aliphatic carbocycles. The summed E-state index contributed by atoms with van der Waals surface area (Å²) in [5.74, 6) is 0. The van der Waals surface area contributed by atoms with Crippen molar-refractivity contribution in [2.75, 3.05) is 19.8 Å². The maximum atomic E-state index is 10.0. The Morgan fingerprint density at radius 1 is 1.35 bits per heavy atom. The van der Waals surface area contributed by atoms with Gasteiger partial charge in [-0.05, 0) is 6.42 Å². The minimum atomic E-state index is 0.438. The summed E-state index contributed by atoms with van der Waals surface area (Å²) in [4.78, 5) is 10.0. The topological polar surface area (TPSA) is 66.2 Å². The second-order valence-corrected chi connectivity index (χ2v) is 3.59. The van der Waals surface area contributed by atoms with Crippen molar-refractivity contribution >= 4 is 6.29 Å². The molecular formula is C11H19N3O3. The fourth-order valence-corrected chi connectivity index (χ4v) is 1.23. The molecule has 6 nitrogen and oxygen atoms in total. The first-order valence-electron chi connectivity index (χ1n) is 5.85. The highest BCUT2D eigenvalue weighted by Crippen LogP contribution is 1.96. The lowest BCUT2D eigenvalue weighted by molar-refractivity contribution is -0.108. The highest BCUT2D eigenvalue weighted by atomic mass is 16.5. The second-order valence-electron chi connectivity index (χ2n) is 3.59. The van der Waals surface area contributed by atoms with Crippen molar-refractivity contribution in [1.82, 2.24) is 15.0 Å². The number of carbonyl (C=O) groups is 1. The van der Waals surface area contributed by atoms with Gasteiger partial charge in [-0.1, -0.05) is 12.1 Å². The molecule has 1 aromatic heterocycles. The van der Waals surface area contributed by atoms with Crippen LogP contribution < -0.4 is 0 Å². The van der Waals surface area contributed by atoms with Gasteiger partial charge < -0.3 is 14.3 Å². The van der Waals surface area contributed by atoms with Crippen LogP contribution in [-0.4, -0.2) is 41.1 Å². The molecule has 1 heterocycles. The van der Waals surface area contributed by atoms with Crippen molar-refractivity contribution in [3.05, 3.63) is 11.9 Å². The predicted molar refractivity (Wildman–Crippen MR) is 61.5 cm³/mol. The number of aromatic nitrogens is 3. The lowest BCUT2D eigenvalue weighted by Crippen LogP contribution is -2.07. The molecule has 0 spiro atoms. The minimum absolute atomic E-state index is 0.438. The summed E-state index contributed by atoms with van der Waals surface area (Å²) in [6.07, 6.45) is 4.13. The minimum Gasteiger partial charge on any atom is -0.379 e. The molecule has 0 saturated carbocycles. The zero-order chi connectivity index (χ0) is 12.3. The number of rotatable bonds is 10. The average molecular weight is 241 g/mol. The summed E-state index contributed by atoms with van der Waals surface area (Å²) in [6.45, 7) is 4.94. The van der Waals surface area contributed by atoms with Crippen molar-refractivity contribution < 1.29 is 14.3 Å². The fourth-order valence-electron chi connectivity index (χ4n) is 1.23. The molecule has 96 valence electrons. The van der Waals surface area contributed by atoms with Gasteiger partial charge in [-0.15, -0.1) is 5.10 Å². The monoisotopic (exact) mass is 241 g/mol. The van der Waals surface area contributed by atoms with Gasteiger partial charge in [0.25, 0.3) is 0 Å². The molecule has 1 aromatic rings. The van der Waals surface area contributed by atoms with Crippen LogP contribution in [0.25, 0.3) is 0 Å². The molecule has 0 radical (unpaired) electrons. The Hall–Kier alpha value is -1.27. The van der Waals surface area contributed by atoms with E-state index in [2.05, 4.69) is 17.2 Å². The molecule has 0 fully saturated rings. The van der Waals surface area contributed by atoms with Crippen LogP contribution in [0.1, 0.15) is 25.5 Å². The highest BCUT2D eigenvalue weighted by molar-refractivity contribution is 5.49. The van der Waals surface area contributed by atoms with Crippen LogP contribution >= 0.6 is 0 Å². The van der Waals surface area contributed by atoms with Crippen molar-refractivity contribution in [2.45, 2.75) is 32.9 Å². The van der Waals surface area contributed by atoms with Gasteiger partial charge in [-0.2, -0.15) is 0 Å². The van der Waals surface area contributed by atoms with Crippen molar-refractivity contribution in [3.8, 4) is 0 Å². The first kappa shape index (κ1) is 13.8. The van der Waals surface area contributed by atoms with Crippen LogP contribution in [0.3, 0.4) is 0 Å². The predicted octanol–water partition coefficient (Wildman–Crippen LogP) is 0.810. The van der Waals surface area contributed by atoms with E-state index in [1.807, 2.05) is 6.20 Å². The van der Waals surface area contributed by atoms with E-state index in [4.69, 9.17) is 9.47 Å². The van der Waals surface area contributed by atoms with Crippen molar-refractivity contribution in [3.63, 3.8) is 0 Å². The standard InChI is InChI=1S/C11H19N3O3/c1-2-6-17-10-11-9-14(13-12-11)4-8-16-7-3-5-15/h5,9H,2-4,6-8,10H2,1H3. The number of nitrogens with zero attached hydrogens (tertiary/aromatic N) is 3. The first-order valence-corrected chi connectivity index (χ1v) is 5.85. The van der Waals surface area contributed by atoms with E-state index in [0.717, 1.165) is 25.0 Å². The maximum absolute atomic E-state index is 10.0. The van der Waals surface area contributed by atoms with Crippen LogP contribution in [0, 0.1) is 0 Å². The Morgan fingerprint density at radius 2 is 2.24 bits per heavy atom. The van der Waals surface area contributed by atoms with Gasteiger partial charge in [0.2, 0.25) is 0 Å². The lowest BCUT2D eigenvalue weighted by Gasteiger charge is -2.01. The third-order valence-electron chi connectivity index (χ3n) is 2.03. The Labute approximate surface area is 101 Å². The maximum Gasteiger partial charge on any atom is 0.122 e. The molecule has 0 N–H and O–H groups in total. The van der Waals surface area contributed by atoms with Gasteiger partial charge in [0.05, 0.1) is 32.6 Å². The number of hydrogen-bond acceptors (Lipinski definition) is 5. The van der Waals surface area contributed by atoms with E-state index in [-0.39, 0.29) is 0 Å². The molecule has 0 atom stereocenters. The van der Waals surface area contributed by atoms with Crippen LogP contribution in [-0.2, 0) is 27.4 Å². The molecule has 0 aromatic carbocycles. The van der Waals surface area contributed by atoms with Crippen molar-refractivity contribution in [2.24, 2.45) is 0 Å². The Bertz CT molecular complexity index is 315. The summed E-state index contributed by atoms with van der Waals surface area (Å²) in [6, 6.07) is 0. The SMILES string of the molecule is CCCOCc1cn(CCOCCC=O)nn1. The highest BCUT2D eigenvalue weighted by Gasteiger charge is 2.00. The first-order chi connectivity index (χ1) is 8.36. The van der Waals surface area contributed by atoms with E-state index < -0.39 is 0 Å². The Morgan fingerprint density at radius 3 is 3.00 bits per heavy atom. The summed E-state index contributed by atoms with van der Waals surface area (Å²) in [5, 5.41) is 7.93. The quantitative estimate of drug-likeness (QED) is 0.448. The van der Waals surface area contributed by atoms with Gasteiger partial charge in [0.1, 0.15) is 12.0 Å². The summed E-state index contributed by atoms with van der Waals surface area (Å²) >= 11 is 0. The third kappa shape index (κ3) is 6.13. The molecule has 0 aliphatic rings. The van der Waals surface area contributed by atoms with E-state index >= 15 is 0 Å². The summed E-state index contributed by atoms with van der Waals surface area (Å²) in [7, 11) is 0. The molecule has 17 heavy (non-hydrogen) atoms. The van der Waals surface area contributed by atoms with E-state index in [1.54, 1.807) is 4.68 Å². The van der Waals surface area contributed by atoms with Gasteiger partial charge in [-0.25, -0.2) is 4.68 Å². The molecule has 0 bridgehead atoms. The second kappa shape index (κ2) is 8.83. The summed E-state index contributed by atoms with van der Waals surface area (Å²) in [5.41, 5.74) is 0.825. The van der Waals surface area contributed by atoms with E-state index in [1.165, 1.54) is 0 Å². The van der Waals surface area contributed by atoms with Crippen LogP contribution in [0.15, 0.2) is 6.20 Å². The normalized spacial score (nSPS) is 10.6. The largest absolute Gasteiger partial charge is 0.379 e. The Kier molecular flexibility index (Phi) is 7.17. The van der Waals surface area contributed by atoms with Gasteiger partial charge in [-0.3, -0.25) is 0 Å². The zero-order valence-electron chi connectivity index (χ0n) is 10.2. The number of ether oxygens (including phenoxy) is 2. The average Bonchev–Trinajstić information content (AvgIpc) is 2.77. The van der Waals surface area contributed by atoms with Crippen LogP contribution in [0.2, 0.25) is 0 Å². The van der Waals surface area contributed by atoms with E-state index in [0.29, 0.717) is 32.8 Å². The van der Waals surface area contributed by atoms with E-state index in [9.17, 15) is 4.79 Å². The zero-order valence-corrected chi connectivity index (χ0v) is 10.2. The van der Waals surface area contributed by atoms with Crippen LogP contribution in [0.4, 0.5) is 0 Å². The van der Waals surface area contributed by atoms with Crippen LogP contribution in [0.5, 0.6) is 0 Å². The smallest absolute Gasteiger partial charge is 0.122 e. The Balaban J connectivity index is 2.14. The molecule has 1 rings (SSSR count). The molecular weight excluding hydrogens is 222 g/mol. The molecule has 0 unspecified atom stereocenters. The molecule has 0 amide bonds. The van der Waals surface area contributed by atoms with Gasteiger partial charge >= 0.3 is 0 Å². The fraction of sp³-hybridized carbons (Fsp3) is 0.727. The number of aldehydes is 1. The third-order valence-corrected chi connectivity index (χ3v) is 2.03. The lowest BCUT2D eigenvalue weighted by atomic mass is 10.5. The van der Waals surface area contributed by atoms with Crippen molar-refractivity contribution in [1.29, 1.82) is 0 Å². The van der Waals surface area contributed by atoms with Gasteiger partial charge in [0, 0.05) is 13.0 Å². The number of carbonyl (C=O) groups excluding carboxylic acids is 1. The number of hydrogen-bond donors (Lipinski definition) is 0. The van der Waals surface area contributed by atoms with Gasteiger partial charge in [0.15, 0.2) is 0 Å². The molecule has 0 saturated heterocycles.